The summed E-state index contributed by atoms with van der Waals surface area (Å²) in [5.74, 6) is 0.372. The van der Waals surface area contributed by atoms with Crippen LogP contribution in [0.5, 0.6) is 5.75 Å². The third-order valence-corrected chi connectivity index (χ3v) is 3.11. The number of amides is 1. The number of hydrazone groups is 1. The number of carbonyl (C=O) groups excluding carboxylic acids is 1. The summed E-state index contributed by atoms with van der Waals surface area (Å²) in [6, 6.07) is 7.13. The Morgan fingerprint density at radius 2 is 2.30 bits per heavy atom. The van der Waals surface area contributed by atoms with Gasteiger partial charge in [0.25, 0.3) is 5.91 Å². The van der Waals surface area contributed by atoms with Gasteiger partial charge in [0.1, 0.15) is 5.75 Å². The van der Waals surface area contributed by atoms with Crippen LogP contribution in [0.1, 0.15) is 21.7 Å². The molecule has 0 aliphatic heterocycles. The van der Waals surface area contributed by atoms with Gasteiger partial charge in [0.15, 0.2) is 5.69 Å². The van der Waals surface area contributed by atoms with Crippen LogP contribution in [0.15, 0.2) is 33.8 Å². The number of rotatable bonds is 4. The number of halogens is 1. The van der Waals surface area contributed by atoms with E-state index in [1.165, 1.54) is 0 Å². The van der Waals surface area contributed by atoms with Crippen molar-refractivity contribution in [1.29, 1.82) is 0 Å². The second kappa shape index (κ2) is 6.33. The quantitative estimate of drug-likeness (QED) is 0.663. The molecule has 20 heavy (non-hydrogen) atoms. The molecule has 7 heteroatoms. The number of ether oxygens (including phenoxy) is 1. The highest BCUT2D eigenvalue weighted by atomic mass is 79.9. The van der Waals surface area contributed by atoms with Gasteiger partial charge < -0.3 is 4.74 Å². The van der Waals surface area contributed by atoms with Gasteiger partial charge in [0, 0.05) is 5.69 Å². The van der Waals surface area contributed by atoms with Gasteiger partial charge in [-0.25, -0.2) is 5.43 Å². The van der Waals surface area contributed by atoms with Crippen molar-refractivity contribution in [3.05, 3.63) is 45.7 Å². The number of aromatic amines is 1. The maximum absolute atomic E-state index is 11.7. The highest BCUT2D eigenvalue weighted by molar-refractivity contribution is 9.10. The molecule has 6 nitrogen and oxygen atoms in total. The molecular formula is C13H13BrN4O2. The van der Waals surface area contributed by atoms with Crippen molar-refractivity contribution in [2.45, 2.75) is 6.92 Å². The summed E-state index contributed by atoms with van der Waals surface area (Å²) >= 11 is 3.38. The summed E-state index contributed by atoms with van der Waals surface area (Å²) in [5.41, 5.74) is 4.36. The van der Waals surface area contributed by atoms with Crippen LogP contribution in [-0.2, 0) is 0 Å². The second-order valence-corrected chi connectivity index (χ2v) is 4.88. The van der Waals surface area contributed by atoms with E-state index in [1.54, 1.807) is 19.4 Å². The molecule has 0 saturated heterocycles. The molecule has 1 heterocycles. The molecule has 2 aromatic rings. The number of methoxy groups -OCH3 is 1. The van der Waals surface area contributed by atoms with Crippen molar-refractivity contribution >= 4 is 28.1 Å². The lowest BCUT2D eigenvalue weighted by Gasteiger charge is -2.03. The molecule has 1 aromatic carbocycles. The fourth-order valence-electron chi connectivity index (χ4n) is 1.52. The van der Waals surface area contributed by atoms with Gasteiger partial charge in [-0.1, -0.05) is 0 Å². The summed E-state index contributed by atoms with van der Waals surface area (Å²) in [6.45, 7) is 1.82. The molecule has 1 aromatic heterocycles. The number of nitrogens with one attached hydrogen (secondary N) is 2. The van der Waals surface area contributed by atoms with E-state index in [1.807, 2.05) is 25.1 Å². The molecule has 0 atom stereocenters. The predicted molar refractivity (Wildman–Crippen MR) is 79.1 cm³/mol. The minimum Gasteiger partial charge on any atom is -0.496 e. The summed E-state index contributed by atoms with van der Waals surface area (Å²) in [5, 5.41) is 10.4. The molecule has 0 bridgehead atoms. The number of aromatic nitrogens is 2. The van der Waals surface area contributed by atoms with Gasteiger partial charge in [-0.05, 0) is 52.7 Å². The first-order valence-corrected chi connectivity index (χ1v) is 6.58. The van der Waals surface area contributed by atoms with Crippen molar-refractivity contribution in [2.24, 2.45) is 5.10 Å². The zero-order chi connectivity index (χ0) is 14.5. The normalized spacial score (nSPS) is 10.8. The van der Waals surface area contributed by atoms with Crippen molar-refractivity contribution in [1.82, 2.24) is 15.6 Å². The third-order valence-electron chi connectivity index (χ3n) is 2.49. The zero-order valence-corrected chi connectivity index (χ0v) is 12.6. The van der Waals surface area contributed by atoms with Gasteiger partial charge in [-0.15, -0.1) is 0 Å². The van der Waals surface area contributed by atoms with Crippen LogP contribution in [0.3, 0.4) is 0 Å². The van der Waals surface area contributed by atoms with Gasteiger partial charge in [-0.3, -0.25) is 9.89 Å². The molecular weight excluding hydrogens is 324 g/mol. The summed E-state index contributed by atoms with van der Waals surface area (Å²) in [6.07, 6.45) is 1.54. The van der Waals surface area contributed by atoms with Crippen molar-refractivity contribution in [3.8, 4) is 5.75 Å². The van der Waals surface area contributed by atoms with E-state index in [0.29, 0.717) is 5.69 Å². The fraction of sp³-hybridized carbons (Fsp3) is 0.154. The minimum absolute atomic E-state index is 0.301. The van der Waals surface area contributed by atoms with Gasteiger partial charge in [0.05, 0.1) is 17.8 Å². The number of aryl methyl sites for hydroxylation is 1. The number of H-pyrrole nitrogens is 1. The Bertz CT molecular complexity index is 652. The molecule has 2 rings (SSSR count). The highest BCUT2D eigenvalue weighted by Gasteiger charge is 2.07. The Balaban J connectivity index is 2.00. The Labute approximate surface area is 124 Å². The molecule has 2 N–H and O–H groups in total. The van der Waals surface area contributed by atoms with E-state index < -0.39 is 0 Å². The molecule has 104 valence electrons. The van der Waals surface area contributed by atoms with Crippen molar-refractivity contribution < 1.29 is 9.53 Å². The predicted octanol–water partition coefficient (Wildman–Crippen LogP) is 2.25. The van der Waals surface area contributed by atoms with Crippen LogP contribution < -0.4 is 10.2 Å². The monoisotopic (exact) mass is 336 g/mol. The van der Waals surface area contributed by atoms with Crippen LogP contribution in [-0.4, -0.2) is 29.4 Å². The molecule has 1 amide bonds. The summed E-state index contributed by atoms with van der Waals surface area (Å²) < 4.78 is 5.95. The topological polar surface area (TPSA) is 79.4 Å². The second-order valence-electron chi connectivity index (χ2n) is 4.03. The number of carbonyl (C=O) groups is 1. The van der Waals surface area contributed by atoms with Crippen LogP contribution in [0.25, 0.3) is 0 Å². The van der Waals surface area contributed by atoms with Crippen LogP contribution in [0.2, 0.25) is 0 Å². The molecule has 0 spiro atoms. The average molecular weight is 337 g/mol. The largest absolute Gasteiger partial charge is 0.496 e. The molecule has 0 fully saturated rings. The van der Waals surface area contributed by atoms with Gasteiger partial charge >= 0.3 is 0 Å². The van der Waals surface area contributed by atoms with Crippen LogP contribution >= 0.6 is 15.9 Å². The van der Waals surface area contributed by atoms with Gasteiger partial charge in [0.2, 0.25) is 0 Å². The molecule has 0 radical (unpaired) electrons. The smallest absolute Gasteiger partial charge is 0.291 e. The lowest BCUT2D eigenvalue weighted by Crippen LogP contribution is -2.18. The number of benzene rings is 1. The zero-order valence-electron chi connectivity index (χ0n) is 11.0. The lowest BCUT2D eigenvalue weighted by molar-refractivity contribution is 0.0950. The number of hydrogen-bond acceptors (Lipinski definition) is 4. The maximum atomic E-state index is 11.7. The Morgan fingerprint density at radius 3 is 2.90 bits per heavy atom. The van der Waals surface area contributed by atoms with E-state index in [2.05, 4.69) is 36.7 Å². The van der Waals surface area contributed by atoms with E-state index >= 15 is 0 Å². The van der Waals surface area contributed by atoms with Crippen molar-refractivity contribution in [2.75, 3.05) is 7.11 Å². The Hall–Kier alpha value is -2.15. The lowest BCUT2D eigenvalue weighted by atomic mass is 10.2. The third kappa shape index (κ3) is 3.45. The van der Waals surface area contributed by atoms with E-state index in [9.17, 15) is 4.79 Å². The Kier molecular flexibility index (Phi) is 4.52. The number of hydrogen-bond donors (Lipinski definition) is 2. The maximum Gasteiger partial charge on any atom is 0.291 e. The molecule has 0 aliphatic carbocycles. The molecule has 0 unspecified atom stereocenters. The van der Waals surface area contributed by atoms with E-state index in [4.69, 9.17) is 4.74 Å². The fourth-order valence-corrected chi connectivity index (χ4v) is 2.08. The number of nitrogens with zero attached hydrogens (tertiary/aromatic N) is 2. The average Bonchev–Trinajstić information content (AvgIpc) is 2.85. The van der Waals surface area contributed by atoms with Gasteiger partial charge in [-0.2, -0.15) is 10.2 Å². The van der Waals surface area contributed by atoms with Crippen LogP contribution in [0.4, 0.5) is 0 Å². The molecule has 0 aliphatic rings. The Morgan fingerprint density at radius 1 is 1.50 bits per heavy atom. The van der Waals surface area contributed by atoms with Crippen LogP contribution in [0, 0.1) is 6.92 Å². The standard InChI is InChI=1S/C13H13BrN4O2/c1-8-5-11(17-16-8)13(19)18-15-7-9-3-4-12(20-2)10(14)6-9/h3-7H,1-2H3,(H,16,17)(H,18,19)/b15-7+. The SMILES string of the molecule is COc1ccc(/C=N/NC(=O)c2cc(C)[nH]n2)cc1Br. The van der Waals surface area contributed by atoms with E-state index in [0.717, 1.165) is 21.5 Å². The van der Waals surface area contributed by atoms with E-state index in [-0.39, 0.29) is 5.91 Å². The minimum atomic E-state index is -0.363. The summed E-state index contributed by atoms with van der Waals surface area (Å²) in [4.78, 5) is 11.7. The molecule has 0 saturated carbocycles. The first-order valence-electron chi connectivity index (χ1n) is 5.79. The summed E-state index contributed by atoms with van der Waals surface area (Å²) in [7, 11) is 1.60. The highest BCUT2D eigenvalue weighted by Crippen LogP contribution is 2.24. The first kappa shape index (κ1) is 14.3. The first-order chi connectivity index (χ1) is 9.60. The van der Waals surface area contributed by atoms with Crippen molar-refractivity contribution in [3.63, 3.8) is 0 Å².